The van der Waals surface area contributed by atoms with Crippen LogP contribution in [0.15, 0.2) is 358 Å². The first kappa shape index (κ1) is 65.2. The van der Waals surface area contributed by atoms with Gasteiger partial charge in [0.2, 0.25) is 0 Å². The molecule has 21 aromatic rings. The van der Waals surface area contributed by atoms with Crippen LogP contribution < -0.4 is 0 Å². The van der Waals surface area contributed by atoms with E-state index in [1.807, 2.05) is 91.0 Å². The largest absolute Gasteiger partial charge is 0.309 e. The van der Waals surface area contributed by atoms with Crippen LogP contribution in [0.4, 0.5) is 0 Å². The Morgan fingerprint density at radius 2 is 0.472 bits per heavy atom. The molecule has 0 atom stereocenters. The fourth-order valence-electron chi connectivity index (χ4n) is 19.5. The van der Waals surface area contributed by atoms with Crippen LogP contribution in [0.3, 0.4) is 0 Å². The number of nitrogens with zero attached hydrogens (tertiary/aromatic N) is 5. The maximum absolute atomic E-state index is 9.08. The van der Waals surface area contributed by atoms with E-state index >= 15 is 0 Å². The fraction of sp³-hybridized carbons (Fsp3) is 0.200. The fourth-order valence-corrected chi connectivity index (χ4v) is 19.5. The van der Waals surface area contributed by atoms with Crippen LogP contribution in [0.25, 0.3) is 171 Å². The van der Waals surface area contributed by atoms with Crippen molar-refractivity contribution in [2.24, 2.45) is 0 Å². The van der Waals surface area contributed by atoms with Gasteiger partial charge in [-0.05, 0) is 221 Å². The van der Waals surface area contributed by atoms with Gasteiger partial charge in [-0.1, -0.05) is 361 Å². The van der Waals surface area contributed by atoms with Crippen molar-refractivity contribution in [3.8, 4) is 61.8 Å². The molecule has 5 heteroatoms. The summed E-state index contributed by atoms with van der Waals surface area (Å²) in [6, 6.07) is 87.9. The number of rotatable bonds is 8. The van der Waals surface area contributed by atoms with E-state index in [9.17, 15) is 0 Å². The van der Waals surface area contributed by atoms with Crippen molar-refractivity contribution in [2.45, 2.75) is 157 Å². The summed E-state index contributed by atoms with van der Waals surface area (Å²) < 4.78 is 141. The smallest absolute Gasteiger partial charge is 0.0629 e. The van der Waals surface area contributed by atoms with Crippen molar-refractivity contribution in [1.29, 1.82) is 0 Å². The predicted molar refractivity (Wildman–Crippen MR) is 540 cm³/mol. The number of para-hydroxylation sites is 5. The maximum Gasteiger partial charge on any atom is 0.0629 e. The zero-order valence-electron chi connectivity index (χ0n) is 89.6. The van der Waals surface area contributed by atoms with Gasteiger partial charge in [0.25, 0.3) is 0 Å². The third-order valence-corrected chi connectivity index (χ3v) is 24.8. The third-order valence-electron chi connectivity index (χ3n) is 24.8. The second-order valence-corrected chi connectivity index (χ2v) is 39.4. The molecular formula is C120H113N5. The van der Waals surface area contributed by atoms with Gasteiger partial charge in [0.15, 0.2) is 0 Å². The average Bonchev–Trinajstić information content (AvgIpc) is 1.54. The van der Waals surface area contributed by atoms with Crippen LogP contribution in [-0.2, 0) is 32.5 Å². The maximum atomic E-state index is 9.08. The van der Waals surface area contributed by atoms with Gasteiger partial charge >= 0.3 is 0 Å². The van der Waals surface area contributed by atoms with E-state index < -0.39 is 17.5 Å². The van der Waals surface area contributed by atoms with Gasteiger partial charge in [-0.2, -0.15) is 0 Å². The lowest BCUT2D eigenvalue weighted by atomic mass is 9.73. The van der Waals surface area contributed by atoms with Gasteiger partial charge in [-0.15, -0.1) is 0 Å². The van der Waals surface area contributed by atoms with E-state index in [2.05, 4.69) is 323 Å². The van der Waals surface area contributed by atoms with E-state index in [-0.39, 0.29) is 122 Å². The molecule has 0 fully saturated rings. The SMILES string of the molecule is [2H]c1c([2H])c([2H])c(-c2cccc3c2c2c(C(C)(C)C)c(-n4c5ccc(C(C)(C)C)cc5c5cc(C(C)(C)C)ccc54)ccc2n3-c2ccccc2)c([2H])c1[2H].[2H]c1c([2H])c([2H])c(-c2cccc3c2c2c(C(C)(C)C)c(-n4c5ccccc5c5ccccc54)ccc2n3-c2ccccc2)c([2H])c1[2H].[2H]c1c([2H])c([2H])c(-c2cccc3c2c2c(C(C)(C)C)c(C(C)(C)C)ccc2n3-c2ccccc2)c([2H])c1[2H]. The Hall–Kier alpha value is -13.5. The molecule has 0 radical (unpaired) electrons. The second kappa shape index (κ2) is 30.8. The zero-order chi connectivity index (χ0) is 100. The third kappa shape index (κ3) is 14.1. The summed E-state index contributed by atoms with van der Waals surface area (Å²) in [7, 11) is 0. The van der Waals surface area contributed by atoms with Gasteiger partial charge in [-0.25, -0.2) is 0 Å². The number of hydrogen-bond acceptors (Lipinski definition) is 0. The van der Waals surface area contributed by atoms with Gasteiger partial charge < -0.3 is 22.8 Å². The lowest BCUT2D eigenvalue weighted by molar-refractivity contribution is 0.535. The van der Waals surface area contributed by atoms with E-state index in [1.54, 1.807) is 0 Å². The van der Waals surface area contributed by atoms with E-state index in [1.165, 1.54) is 43.8 Å². The molecule has 5 heterocycles. The number of benzene rings is 16. The Balaban J connectivity index is 0.000000136. The molecule has 5 nitrogen and oxygen atoms in total. The molecule has 0 aliphatic heterocycles. The summed E-state index contributed by atoms with van der Waals surface area (Å²) in [6.45, 7) is 40.3. The molecule has 0 spiro atoms. The van der Waals surface area contributed by atoms with Crippen LogP contribution in [0.2, 0.25) is 0 Å². The summed E-state index contributed by atoms with van der Waals surface area (Å²) in [5.41, 5.74) is 23.9. The Labute approximate surface area is 758 Å². The Bertz CT molecular complexity index is 8500. The molecule has 16 aromatic carbocycles. The van der Waals surface area contributed by atoms with Gasteiger partial charge in [0, 0.05) is 70.9 Å². The molecule has 0 aliphatic carbocycles. The van der Waals surface area contributed by atoms with E-state index in [0.29, 0.717) is 16.7 Å². The highest BCUT2D eigenvalue weighted by atomic mass is 15.0. The van der Waals surface area contributed by atoms with E-state index in [0.717, 1.165) is 127 Å². The topological polar surface area (TPSA) is 24.6 Å². The summed E-state index contributed by atoms with van der Waals surface area (Å²) in [4.78, 5) is 0. The number of fused-ring (bicyclic) bond motifs is 15. The summed E-state index contributed by atoms with van der Waals surface area (Å²) in [6.07, 6.45) is 0. The first-order valence-corrected chi connectivity index (χ1v) is 43.4. The van der Waals surface area contributed by atoms with Crippen LogP contribution in [0.5, 0.6) is 0 Å². The molecule has 0 aliphatic rings. The minimum Gasteiger partial charge on any atom is -0.309 e. The molecule has 21 rings (SSSR count). The predicted octanol–water partition coefficient (Wildman–Crippen LogP) is 33.3. The van der Waals surface area contributed by atoms with Gasteiger partial charge in [0.05, 0.1) is 87.1 Å². The van der Waals surface area contributed by atoms with Gasteiger partial charge in [-0.3, -0.25) is 0 Å². The first-order chi connectivity index (χ1) is 66.1. The molecule has 0 amide bonds. The average molecular weight is 1640 g/mol. The molecule has 0 saturated carbocycles. The van der Waals surface area contributed by atoms with Crippen molar-refractivity contribution in [3.05, 3.63) is 391 Å². The quantitative estimate of drug-likeness (QED) is 0.145. The Morgan fingerprint density at radius 1 is 0.200 bits per heavy atom. The normalized spacial score (nSPS) is 14.2. The van der Waals surface area contributed by atoms with Crippen LogP contribution in [0, 0.1) is 0 Å². The highest BCUT2D eigenvalue weighted by Crippen LogP contribution is 2.52. The standard InChI is InChI=1S/C48H48N2.C40H32N2.C32H33N/c1-46(2,3)32-23-25-38-36(29-32)37-30-33(47(4,5)6)24-26-39(37)50(38)42-28-27-41-44(45(42)48(7,8)9)43-35(31-17-12-10-13-18-31)21-16-22-40(43)49(41)34-19-14-11-15-20-34;1-40(2,3)39-36(42-32-22-12-10-19-30(32)31-20-11-13-23-33(31)42)26-25-35-38(39)37-29(27-15-6-4-7-16-27)21-14-24-34(37)41(35)28-17-8-5-9-18-28;1-31(2,3)25-20-21-27-29(30(25)32(4,5)6)28-24(22-14-9-7-10-15-22)18-13-19-26(28)33(27)23-16-11-8-12-17-23/h10-30H,1-9H3;4-26H,1-3H3;7-21H,1-6H3/i10D,12D,13D,17D,18D;4D,6D,7D,15D,16D;7D,9D,10D,14D,15D. The van der Waals surface area contributed by atoms with Crippen molar-refractivity contribution in [3.63, 3.8) is 0 Å². The summed E-state index contributed by atoms with van der Waals surface area (Å²) in [5, 5.41) is 10.4. The number of hydrogen-bond donors (Lipinski definition) is 0. The van der Waals surface area contributed by atoms with Crippen molar-refractivity contribution in [2.75, 3.05) is 0 Å². The zero-order valence-corrected chi connectivity index (χ0v) is 74.6. The first-order valence-electron chi connectivity index (χ1n) is 50.9. The minimum absolute atomic E-state index is 0.0290. The molecule has 618 valence electrons. The minimum atomic E-state index is -0.397. The van der Waals surface area contributed by atoms with Crippen molar-refractivity contribution < 1.29 is 20.6 Å². The highest BCUT2D eigenvalue weighted by Gasteiger charge is 2.35. The van der Waals surface area contributed by atoms with Gasteiger partial charge in [0.1, 0.15) is 0 Å². The Morgan fingerprint density at radius 3 is 0.784 bits per heavy atom. The van der Waals surface area contributed by atoms with Crippen LogP contribution in [0.1, 0.15) is 179 Å². The summed E-state index contributed by atoms with van der Waals surface area (Å²) in [5.74, 6) is 0. The highest BCUT2D eigenvalue weighted by molar-refractivity contribution is 6.22. The molecule has 0 bridgehead atoms. The molecule has 0 saturated heterocycles. The van der Waals surface area contributed by atoms with E-state index in [4.69, 9.17) is 20.6 Å². The monoisotopic (exact) mass is 1640 g/mol. The molecule has 0 unspecified atom stereocenters. The van der Waals surface area contributed by atoms with Crippen molar-refractivity contribution >= 4 is 109 Å². The Kier molecular flexibility index (Phi) is 16.1. The number of aromatic nitrogens is 5. The molecule has 0 N–H and O–H groups in total. The second-order valence-electron chi connectivity index (χ2n) is 39.4. The van der Waals surface area contributed by atoms with Crippen molar-refractivity contribution in [1.82, 2.24) is 22.8 Å². The molecule has 5 aromatic heterocycles. The molecular weight excluding hydrogens is 1510 g/mol. The summed E-state index contributed by atoms with van der Waals surface area (Å²) >= 11 is 0. The lowest BCUT2D eigenvalue weighted by Crippen LogP contribution is -2.22. The lowest BCUT2D eigenvalue weighted by Gasteiger charge is -2.31. The molecule has 125 heavy (non-hydrogen) atoms. The van der Waals surface area contributed by atoms with Crippen LogP contribution in [-0.4, -0.2) is 22.8 Å². The van der Waals surface area contributed by atoms with Crippen LogP contribution >= 0.6 is 0 Å².